The first-order valence-corrected chi connectivity index (χ1v) is 7.11. The van der Waals surface area contributed by atoms with Crippen molar-refractivity contribution >= 4 is 15.9 Å². The summed E-state index contributed by atoms with van der Waals surface area (Å²) in [5, 5.41) is 7.90. The van der Waals surface area contributed by atoms with Crippen LogP contribution in [0.3, 0.4) is 0 Å². The fraction of sp³-hybridized carbons (Fsp3) is 0.385. The molecule has 20 heavy (non-hydrogen) atoms. The Morgan fingerprint density at radius 2 is 2.30 bits per heavy atom. The maximum atomic E-state index is 5.74. The number of hydrazine groups is 1. The van der Waals surface area contributed by atoms with Crippen LogP contribution < -0.4 is 16.0 Å². The number of nitrogens with zero attached hydrogens (tertiary/aromatic N) is 3. The number of hydrogen-bond donors (Lipinski definition) is 2. The van der Waals surface area contributed by atoms with Gasteiger partial charge in [0.1, 0.15) is 5.75 Å². The molecular formula is C13H18BrN5O. The van der Waals surface area contributed by atoms with Crippen molar-refractivity contribution in [3.63, 3.8) is 0 Å². The van der Waals surface area contributed by atoms with Gasteiger partial charge in [0, 0.05) is 13.5 Å². The molecule has 0 aliphatic rings. The van der Waals surface area contributed by atoms with Gasteiger partial charge in [0.15, 0.2) is 4.60 Å². The molecule has 1 aromatic carbocycles. The van der Waals surface area contributed by atoms with Crippen molar-refractivity contribution in [2.45, 2.75) is 19.4 Å². The summed E-state index contributed by atoms with van der Waals surface area (Å²) in [5.74, 6) is 6.47. The van der Waals surface area contributed by atoms with Crippen molar-refractivity contribution in [2.75, 3.05) is 6.61 Å². The maximum absolute atomic E-state index is 5.74. The van der Waals surface area contributed by atoms with E-state index in [1.165, 1.54) is 5.56 Å². The zero-order valence-corrected chi connectivity index (χ0v) is 13.1. The van der Waals surface area contributed by atoms with Crippen LogP contribution in [0.1, 0.15) is 23.7 Å². The van der Waals surface area contributed by atoms with Gasteiger partial charge in [-0.25, -0.2) is 4.68 Å². The van der Waals surface area contributed by atoms with Gasteiger partial charge in [-0.2, -0.15) is 0 Å². The normalized spacial score (nSPS) is 12.4. The topological polar surface area (TPSA) is 78.0 Å². The van der Waals surface area contributed by atoms with Crippen LogP contribution in [0.5, 0.6) is 5.75 Å². The molecule has 0 saturated carbocycles. The first kappa shape index (κ1) is 15.0. The van der Waals surface area contributed by atoms with Crippen molar-refractivity contribution in [1.29, 1.82) is 0 Å². The highest BCUT2D eigenvalue weighted by molar-refractivity contribution is 9.10. The number of halogens is 1. The molecule has 0 amide bonds. The molecule has 1 unspecified atom stereocenters. The summed E-state index contributed by atoms with van der Waals surface area (Å²) in [6, 6.07) is 7.89. The minimum atomic E-state index is -0.0748. The molecule has 0 spiro atoms. The second kappa shape index (κ2) is 6.83. The largest absolute Gasteiger partial charge is 0.494 e. The summed E-state index contributed by atoms with van der Waals surface area (Å²) >= 11 is 3.37. The molecule has 2 aromatic rings. The monoisotopic (exact) mass is 339 g/mol. The predicted molar refractivity (Wildman–Crippen MR) is 80.1 cm³/mol. The minimum Gasteiger partial charge on any atom is -0.494 e. The number of rotatable bonds is 6. The van der Waals surface area contributed by atoms with E-state index in [2.05, 4.69) is 31.7 Å². The maximum Gasteiger partial charge on any atom is 0.153 e. The van der Waals surface area contributed by atoms with Gasteiger partial charge in [-0.15, -0.1) is 5.10 Å². The van der Waals surface area contributed by atoms with Gasteiger partial charge in [0.05, 0.1) is 18.3 Å². The van der Waals surface area contributed by atoms with E-state index >= 15 is 0 Å². The SMILES string of the molecule is Cc1cccc(OCCC(NN)c2c(Br)nnn2C)c1. The standard InChI is InChI=1S/C13H18BrN5O/c1-9-4-3-5-10(8-9)20-7-6-11(16-15)12-13(14)17-18-19(12)2/h3-5,8,11,16H,6-7,15H2,1-2H3. The summed E-state index contributed by atoms with van der Waals surface area (Å²) < 4.78 is 8.12. The molecular weight excluding hydrogens is 322 g/mol. The van der Waals surface area contributed by atoms with Crippen LogP contribution in [-0.2, 0) is 7.05 Å². The highest BCUT2D eigenvalue weighted by Crippen LogP contribution is 2.23. The molecule has 3 N–H and O–H groups in total. The average Bonchev–Trinajstić information content (AvgIpc) is 2.75. The summed E-state index contributed by atoms with van der Waals surface area (Å²) in [6.45, 7) is 2.59. The van der Waals surface area contributed by atoms with Crippen molar-refractivity contribution in [3.05, 3.63) is 40.1 Å². The van der Waals surface area contributed by atoms with E-state index in [0.29, 0.717) is 17.6 Å². The third-order valence-electron chi connectivity index (χ3n) is 3.02. The molecule has 6 nitrogen and oxygen atoms in total. The number of aromatic nitrogens is 3. The first-order chi connectivity index (χ1) is 9.61. The second-order valence-corrected chi connectivity index (χ2v) is 5.31. The van der Waals surface area contributed by atoms with Gasteiger partial charge in [-0.3, -0.25) is 11.3 Å². The highest BCUT2D eigenvalue weighted by Gasteiger charge is 2.18. The Kier molecular flexibility index (Phi) is 5.11. The van der Waals surface area contributed by atoms with Gasteiger partial charge in [-0.05, 0) is 40.5 Å². The molecule has 2 rings (SSSR count). The van der Waals surface area contributed by atoms with E-state index in [9.17, 15) is 0 Å². The van der Waals surface area contributed by atoms with Crippen molar-refractivity contribution in [3.8, 4) is 5.75 Å². The van der Waals surface area contributed by atoms with Crippen LogP contribution in [0.25, 0.3) is 0 Å². The Labute approximate surface area is 126 Å². The number of nitrogens with two attached hydrogens (primary N) is 1. The Morgan fingerprint density at radius 3 is 2.90 bits per heavy atom. The molecule has 1 atom stereocenters. The van der Waals surface area contributed by atoms with E-state index in [0.717, 1.165) is 11.4 Å². The summed E-state index contributed by atoms with van der Waals surface area (Å²) in [4.78, 5) is 0. The first-order valence-electron chi connectivity index (χ1n) is 6.32. The molecule has 0 saturated heterocycles. The molecule has 0 radical (unpaired) electrons. The van der Waals surface area contributed by atoms with Crippen LogP contribution in [0.15, 0.2) is 28.9 Å². The molecule has 0 fully saturated rings. The average molecular weight is 340 g/mol. The van der Waals surface area contributed by atoms with Gasteiger partial charge in [-0.1, -0.05) is 17.3 Å². The lowest BCUT2D eigenvalue weighted by atomic mass is 10.1. The van der Waals surface area contributed by atoms with Crippen LogP contribution in [0.2, 0.25) is 0 Å². The smallest absolute Gasteiger partial charge is 0.153 e. The van der Waals surface area contributed by atoms with E-state index < -0.39 is 0 Å². The van der Waals surface area contributed by atoms with E-state index in [-0.39, 0.29) is 6.04 Å². The third-order valence-corrected chi connectivity index (χ3v) is 3.59. The van der Waals surface area contributed by atoms with Gasteiger partial charge in [0.2, 0.25) is 0 Å². The lowest BCUT2D eigenvalue weighted by molar-refractivity contribution is 0.283. The van der Waals surface area contributed by atoms with Crippen LogP contribution in [-0.4, -0.2) is 21.6 Å². The van der Waals surface area contributed by atoms with Gasteiger partial charge < -0.3 is 4.74 Å². The lowest BCUT2D eigenvalue weighted by Crippen LogP contribution is -2.31. The molecule has 0 bridgehead atoms. The Bertz CT molecular complexity index is 552. The van der Waals surface area contributed by atoms with Crippen molar-refractivity contribution in [1.82, 2.24) is 20.4 Å². The van der Waals surface area contributed by atoms with Crippen molar-refractivity contribution in [2.24, 2.45) is 12.9 Å². The summed E-state index contributed by atoms with van der Waals surface area (Å²) in [6.07, 6.45) is 0.713. The number of aryl methyl sites for hydroxylation is 2. The van der Waals surface area contributed by atoms with Crippen molar-refractivity contribution < 1.29 is 4.74 Å². The van der Waals surface area contributed by atoms with Gasteiger partial charge in [0.25, 0.3) is 0 Å². The molecule has 1 aromatic heterocycles. The van der Waals surface area contributed by atoms with Crippen LogP contribution in [0.4, 0.5) is 0 Å². The van der Waals surface area contributed by atoms with E-state index in [4.69, 9.17) is 10.6 Å². The highest BCUT2D eigenvalue weighted by atomic mass is 79.9. The number of hydrogen-bond acceptors (Lipinski definition) is 5. The molecule has 108 valence electrons. The fourth-order valence-corrected chi connectivity index (χ4v) is 2.61. The van der Waals surface area contributed by atoms with Crippen LogP contribution in [0, 0.1) is 6.92 Å². The quantitative estimate of drug-likeness (QED) is 0.620. The molecule has 7 heteroatoms. The van der Waals surface area contributed by atoms with Gasteiger partial charge >= 0.3 is 0 Å². The zero-order valence-electron chi connectivity index (χ0n) is 11.5. The van der Waals surface area contributed by atoms with Crippen LogP contribution >= 0.6 is 15.9 Å². The molecule has 0 aliphatic heterocycles. The zero-order chi connectivity index (χ0) is 14.5. The predicted octanol–water partition coefficient (Wildman–Crippen LogP) is 1.86. The Morgan fingerprint density at radius 1 is 1.50 bits per heavy atom. The minimum absolute atomic E-state index is 0.0748. The fourth-order valence-electron chi connectivity index (χ4n) is 2.01. The number of nitrogens with one attached hydrogen (secondary N) is 1. The summed E-state index contributed by atoms with van der Waals surface area (Å²) in [7, 11) is 1.83. The lowest BCUT2D eigenvalue weighted by Gasteiger charge is -2.16. The third kappa shape index (κ3) is 3.56. The van der Waals surface area contributed by atoms with E-state index in [1.54, 1.807) is 4.68 Å². The Balaban J connectivity index is 1.95. The molecule has 0 aliphatic carbocycles. The number of benzene rings is 1. The van der Waals surface area contributed by atoms with E-state index in [1.807, 2.05) is 38.2 Å². The summed E-state index contributed by atoms with van der Waals surface area (Å²) in [5.41, 5.74) is 4.85. The Hall–Kier alpha value is -1.44. The molecule has 1 heterocycles. The second-order valence-electron chi connectivity index (χ2n) is 4.56. The number of ether oxygens (including phenoxy) is 1.